The number of carbonyl (C=O) groups excluding carboxylic acids is 2. The van der Waals surface area contributed by atoms with E-state index in [1.165, 1.54) is 0 Å². The van der Waals surface area contributed by atoms with Gasteiger partial charge in [-0.25, -0.2) is 4.98 Å². The quantitative estimate of drug-likeness (QED) is 0.791. The van der Waals surface area contributed by atoms with E-state index in [4.69, 9.17) is 16.6 Å². The van der Waals surface area contributed by atoms with E-state index in [2.05, 4.69) is 5.32 Å². The molecule has 0 atom stereocenters. The normalized spacial score (nSPS) is 18.0. The molecule has 2 aliphatic rings. The summed E-state index contributed by atoms with van der Waals surface area (Å²) in [5.74, 6) is 0.740. The van der Waals surface area contributed by atoms with Gasteiger partial charge in [-0.15, -0.1) is 11.3 Å². The third-order valence-electron chi connectivity index (χ3n) is 5.72. The Morgan fingerprint density at radius 1 is 1.18 bits per heavy atom. The molecule has 2 amide bonds. The Labute approximate surface area is 174 Å². The Hall–Kier alpha value is -1.92. The van der Waals surface area contributed by atoms with Crippen LogP contribution in [-0.4, -0.2) is 34.8 Å². The van der Waals surface area contributed by atoms with Crippen LogP contribution in [0.25, 0.3) is 0 Å². The third-order valence-corrected chi connectivity index (χ3v) is 7.11. The Balaban J connectivity index is 1.29. The number of likely N-dealkylation sites (tertiary alicyclic amines) is 1. The largest absolute Gasteiger partial charge is 0.350 e. The molecule has 2 heterocycles. The molecule has 1 aromatic heterocycles. The number of thiazole rings is 1. The molecule has 5 nitrogen and oxygen atoms in total. The number of rotatable bonds is 5. The minimum absolute atomic E-state index is 0.00239. The molecule has 1 saturated heterocycles. The molecular weight excluding hydrogens is 394 g/mol. The zero-order valence-corrected chi connectivity index (χ0v) is 17.3. The first-order valence-electron chi connectivity index (χ1n) is 9.87. The van der Waals surface area contributed by atoms with E-state index in [1.54, 1.807) is 23.5 Å². The number of hydrogen-bond acceptors (Lipinski definition) is 4. The molecule has 0 bridgehead atoms. The summed E-state index contributed by atoms with van der Waals surface area (Å²) in [4.78, 5) is 31.3. The number of hydrogen-bond donors (Lipinski definition) is 1. The van der Waals surface area contributed by atoms with Gasteiger partial charge in [-0.05, 0) is 37.8 Å². The highest BCUT2D eigenvalue weighted by atomic mass is 35.5. The van der Waals surface area contributed by atoms with Crippen LogP contribution in [0.2, 0.25) is 5.02 Å². The molecule has 148 valence electrons. The van der Waals surface area contributed by atoms with Crippen molar-refractivity contribution in [2.75, 3.05) is 13.1 Å². The molecule has 0 unspecified atom stereocenters. The average molecular weight is 418 g/mol. The SMILES string of the molecule is O=C(NCc1csc(C2CCN(C(=O)c3ccccc3Cl)CC2)n1)C1CCC1. The molecule has 1 saturated carbocycles. The highest BCUT2D eigenvalue weighted by Crippen LogP contribution is 2.31. The lowest BCUT2D eigenvalue weighted by atomic mass is 9.85. The molecule has 1 aliphatic carbocycles. The van der Waals surface area contributed by atoms with Crippen LogP contribution >= 0.6 is 22.9 Å². The maximum absolute atomic E-state index is 12.7. The summed E-state index contributed by atoms with van der Waals surface area (Å²) in [6, 6.07) is 7.21. The summed E-state index contributed by atoms with van der Waals surface area (Å²) in [6.07, 6.45) is 4.99. The van der Waals surface area contributed by atoms with Crippen LogP contribution in [0.15, 0.2) is 29.6 Å². The summed E-state index contributed by atoms with van der Waals surface area (Å²) in [6.45, 7) is 1.93. The van der Waals surface area contributed by atoms with Crippen LogP contribution in [0.4, 0.5) is 0 Å². The number of carbonyl (C=O) groups is 2. The Morgan fingerprint density at radius 2 is 1.93 bits per heavy atom. The lowest BCUT2D eigenvalue weighted by Crippen LogP contribution is -2.38. The smallest absolute Gasteiger partial charge is 0.255 e. The number of halogens is 1. The summed E-state index contributed by atoms with van der Waals surface area (Å²) in [5.41, 5.74) is 1.50. The predicted molar refractivity (Wildman–Crippen MR) is 111 cm³/mol. The molecule has 2 aromatic rings. The number of amides is 2. The maximum atomic E-state index is 12.7. The summed E-state index contributed by atoms with van der Waals surface area (Å²) in [7, 11) is 0. The monoisotopic (exact) mass is 417 g/mol. The molecule has 2 fully saturated rings. The average Bonchev–Trinajstić information content (AvgIpc) is 3.14. The van der Waals surface area contributed by atoms with Crippen molar-refractivity contribution >= 4 is 34.8 Å². The second kappa shape index (κ2) is 8.62. The summed E-state index contributed by atoms with van der Waals surface area (Å²) < 4.78 is 0. The second-order valence-electron chi connectivity index (χ2n) is 7.57. The zero-order chi connectivity index (χ0) is 19.5. The molecule has 0 spiro atoms. The van der Waals surface area contributed by atoms with Crippen molar-refractivity contribution in [3.05, 3.63) is 50.9 Å². The van der Waals surface area contributed by atoms with Crippen molar-refractivity contribution in [3.63, 3.8) is 0 Å². The van der Waals surface area contributed by atoms with E-state index in [0.717, 1.165) is 42.8 Å². The van der Waals surface area contributed by atoms with Gasteiger partial charge in [-0.3, -0.25) is 9.59 Å². The lowest BCUT2D eigenvalue weighted by Gasteiger charge is -2.31. The van der Waals surface area contributed by atoms with Crippen molar-refractivity contribution in [3.8, 4) is 0 Å². The van der Waals surface area contributed by atoms with Gasteiger partial charge in [-0.1, -0.05) is 30.2 Å². The zero-order valence-electron chi connectivity index (χ0n) is 15.7. The van der Waals surface area contributed by atoms with Crippen LogP contribution in [-0.2, 0) is 11.3 Å². The minimum Gasteiger partial charge on any atom is -0.350 e. The predicted octanol–water partition coefficient (Wildman–Crippen LogP) is 4.23. The first-order chi connectivity index (χ1) is 13.6. The molecule has 1 aliphatic heterocycles. The van der Waals surface area contributed by atoms with Gasteiger partial charge >= 0.3 is 0 Å². The molecule has 4 rings (SSSR count). The molecule has 28 heavy (non-hydrogen) atoms. The van der Waals surface area contributed by atoms with E-state index in [1.807, 2.05) is 22.4 Å². The van der Waals surface area contributed by atoms with Gasteiger partial charge in [0.05, 0.1) is 27.8 Å². The van der Waals surface area contributed by atoms with Gasteiger partial charge < -0.3 is 10.2 Å². The molecule has 0 radical (unpaired) electrons. The Morgan fingerprint density at radius 3 is 2.61 bits per heavy atom. The first kappa shape index (κ1) is 19.4. The van der Waals surface area contributed by atoms with Crippen molar-refractivity contribution in [1.82, 2.24) is 15.2 Å². The number of piperidine rings is 1. The van der Waals surface area contributed by atoms with E-state index in [9.17, 15) is 9.59 Å². The lowest BCUT2D eigenvalue weighted by molar-refractivity contribution is -0.127. The van der Waals surface area contributed by atoms with Crippen LogP contribution in [0.1, 0.15) is 59.1 Å². The van der Waals surface area contributed by atoms with Crippen LogP contribution in [0.5, 0.6) is 0 Å². The van der Waals surface area contributed by atoms with Gasteiger partial charge in [0.25, 0.3) is 5.91 Å². The third kappa shape index (κ3) is 4.23. The topological polar surface area (TPSA) is 62.3 Å². The van der Waals surface area contributed by atoms with E-state index in [-0.39, 0.29) is 17.7 Å². The fraction of sp³-hybridized carbons (Fsp3) is 0.476. The van der Waals surface area contributed by atoms with Gasteiger partial charge in [0.2, 0.25) is 5.91 Å². The van der Waals surface area contributed by atoms with E-state index >= 15 is 0 Å². The van der Waals surface area contributed by atoms with E-state index < -0.39 is 0 Å². The van der Waals surface area contributed by atoms with Gasteiger partial charge in [-0.2, -0.15) is 0 Å². The molecule has 1 N–H and O–H groups in total. The van der Waals surface area contributed by atoms with Crippen molar-refractivity contribution < 1.29 is 9.59 Å². The van der Waals surface area contributed by atoms with Crippen LogP contribution in [0, 0.1) is 5.92 Å². The standard InChI is InChI=1S/C21H24ClN3O2S/c22-18-7-2-1-6-17(18)21(27)25-10-8-15(9-11-25)20-24-16(13-28-20)12-23-19(26)14-4-3-5-14/h1-2,6-7,13-15H,3-5,8-12H2,(H,23,26). The summed E-state index contributed by atoms with van der Waals surface area (Å²) >= 11 is 7.82. The van der Waals surface area contributed by atoms with Crippen molar-refractivity contribution in [2.45, 2.75) is 44.6 Å². The highest BCUT2D eigenvalue weighted by molar-refractivity contribution is 7.09. The summed E-state index contributed by atoms with van der Waals surface area (Å²) in [5, 5.41) is 6.65. The van der Waals surface area contributed by atoms with Crippen molar-refractivity contribution in [1.29, 1.82) is 0 Å². The first-order valence-corrected chi connectivity index (χ1v) is 11.1. The van der Waals surface area contributed by atoms with Crippen molar-refractivity contribution in [2.24, 2.45) is 5.92 Å². The maximum Gasteiger partial charge on any atom is 0.255 e. The number of aromatic nitrogens is 1. The second-order valence-corrected chi connectivity index (χ2v) is 8.87. The van der Waals surface area contributed by atoms with Gasteiger partial charge in [0, 0.05) is 30.3 Å². The van der Waals surface area contributed by atoms with E-state index in [0.29, 0.717) is 36.1 Å². The molecular formula is C21H24ClN3O2S. The molecule has 1 aromatic carbocycles. The Kier molecular flexibility index (Phi) is 5.97. The molecule has 7 heteroatoms. The number of nitrogens with zero attached hydrogens (tertiary/aromatic N) is 2. The van der Waals surface area contributed by atoms with Gasteiger partial charge in [0.1, 0.15) is 0 Å². The number of benzene rings is 1. The van der Waals surface area contributed by atoms with Crippen LogP contribution in [0.3, 0.4) is 0 Å². The fourth-order valence-corrected chi connectivity index (χ4v) is 4.93. The van der Waals surface area contributed by atoms with Crippen LogP contribution < -0.4 is 5.32 Å². The minimum atomic E-state index is 0.00239. The fourth-order valence-electron chi connectivity index (χ4n) is 3.72. The van der Waals surface area contributed by atoms with Gasteiger partial charge in [0.15, 0.2) is 0 Å². The Bertz CT molecular complexity index is 857. The number of nitrogens with one attached hydrogen (secondary N) is 1. The highest BCUT2D eigenvalue weighted by Gasteiger charge is 2.28.